The summed E-state index contributed by atoms with van der Waals surface area (Å²) in [5.41, 5.74) is 0.107. The van der Waals surface area contributed by atoms with Crippen LogP contribution in [-0.4, -0.2) is 28.5 Å². The zero-order valence-electron chi connectivity index (χ0n) is 10.5. The molecule has 2 aromatic rings. The van der Waals surface area contributed by atoms with Crippen LogP contribution in [0.15, 0.2) is 22.6 Å². The second-order valence-electron chi connectivity index (χ2n) is 5.09. The lowest BCUT2D eigenvalue weighted by atomic mass is 9.82. The minimum absolute atomic E-state index is 0.0521. The van der Waals surface area contributed by atoms with Gasteiger partial charge in [0.05, 0.1) is 11.7 Å². The minimum Gasteiger partial charge on any atom is -0.381 e. The largest absolute Gasteiger partial charge is 0.381 e. The summed E-state index contributed by atoms with van der Waals surface area (Å²) in [5, 5.41) is 2.63. The van der Waals surface area contributed by atoms with Crippen LogP contribution < -0.4 is 5.56 Å². The number of thiophene rings is 1. The Bertz CT molecular complexity index is 629. The fourth-order valence-electron chi connectivity index (χ4n) is 2.54. The third-order valence-corrected chi connectivity index (χ3v) is 5.34. The molecule has 6 heteroatoms. The van der Waals surface area contributed by atoms with Gasteiger partial charge in [0.15, 0.2) is 0 Å². The van der Waals surface area contributed by atoms with Crippen molar-refractivity contribution in [1.29, 1.82) is 0 Å². The number of ether oxygens (including phenoxy) is 1. The molecule has 2 aromatic heterocycles. The summed E-state index contributed by atoms with van der Waals surface area (Å²) in [7, 11) is 0. The lowest BCUT2D eigenvalue weighted by molar-refractivity contribution is 0.0177. The van der Waals surface area contributed by atoms with Crippen LogP contribution in [0.25, 0.3) is 10.2 Å². The van der Waals surface area contributed by atoms with Gasteiger partial charge in [0.2, 0.25) is 0 Å². The molecule has 0 N–H and O–H groups in total. The van der Waals surface area contributed by atoms with Gasteiger partial charge in [-0.05, 0) is 30.0 Å². The predicted octanol–water partition coefficient (Wildman–Crippen LogP) is 2.18. The molecule has 4 nitrogen and oxygen atoms in total. The molecule has 0 aromatic carbocycles. The third-order valence-electron chi connectivity index (χ3n) is 3.85. The van der Waals surface area contributed by atoms with E-state index in [1.807, 2.05) is 11.4 Å². The molecule has 0 atom stereocenters. The van der Waals surface area contributed by atoms with Crippen LogP contribution in [0.3, 0.4) is 0 Å². The van der Waals surface area contributed by atoms with Crippen molar-refractivity contribution in [3.63, 3.8) is 0 Å². The first-order valence-corrected chi connectivity index (χ1v) is 7.87. The maximum Gasteiger partial charge on any atom is 0.262 e. The Morgan fingerprint density at radius 3 is 3.00 bits per heavy atom. The quantitative estimate of drug-likeness (QED) is 0.883. The van der Waals surface area contributed by atoms with E-state index in [1.54, 1.807) is 10.9 Å². The van der Waals surface area contributed by atoms with Gasteiger partial charge < -0.3 is 4.74 Å². The Hall–Kier alpha value is -0.850. The van der Waals surface area contributed by atoms with Gasteiger partial charge in [-0.25, -0.2) is 4.98 Å². The summed E-state index contributed by atoms with van der Waals surface area (Å²) in [6, 6.07) is 1.85. The molecule has 1 aliphatic rings. The number of hydrogen-bond acceptors (Lipinski definition) is 5. The maximum absolute atomic E-state index is 12.4. The van der Waals surface area contributed by atoms with Crippen molar-refractivity contribution in [1.82, 2.24) is 9.55 Å². The second kappa shape index (κ2) is 5.26. The summed E-state index contributed by atoms with van der Waals surface area (Å²) in [4.78, 5) is 17.6. The molecule has 3 rings (SSSR count). The summed E-state index contributed by atoms with van der Waals surface area (Å²) in [6.45, 7) is 2.18. The van der Waals surface area contributed by atoms with Gasteiger partial charge in [-0.2, -0.15) is 12.6 Å². The molecule has 1 saturated heterocycles. The van der Waals surface area contributed by atoms with Crippen molar-refractivity contribution in [2.45, 2.75) is 19.4 Å². The Morgan fingerprint density at radius 1 is 1.47 bits per heavy atom. The Balaban J connectivity index is 1.95. The van der Waals surface area contributed by atoms with Crippen molar-refractivity contribution in [2.75, 3.05) is 19.0 Å². The Morgan fingerprint density at radius 2 is 2.26 bits per heavy atom. The van der Waals surface area contributed by atoms with Crippen LogP contribution in [0.5, 0.6) is 0 Å². The first kappa shape index (κ1) is 13.1. The van der Waals surface area contributed by atoms with E-state index in [4.69, 9.17) is 4.74 Å². The molecule has 1 fully saturated rings. The van der Waals surface area contributed by atoms with Crippen molar-refractivity contribution in [2.24, 2.45) is 5.41 Å². The molecule has 0 amide bonds. The van der Waals surface area contributed by atoms with Gasteiger partial charge in [-0.15, -0.1) is 11.3 Å². The number of thiol groups is 1. The molecule has 0 unspecified atom stereocenters. The number of aromatic nitrogens is 2. The highest BCUT2D eigenvalue weighted by molar-refractivity contribution is 7.80. The molecule has 102 valence electrons. The molecule has 1 aliphatic heterocycles. The van der Waals surface area contributed by atoms with Gasteiger partial charge in [0.25, 0.3) is 5.56 Å². The highest BCUT2D eigenvalue weighted by Crippen LogP contribution is 2.33. The van der Waals surface area contributed by atoms with Crippen molar-refractivity contribution in [3.8, 4) is 0 Å². The minimum atomic E-state index is 0.0521. The van der Waals surface area contributed by atoms with Crippen molar-refractivity contribution < 1.29 is 4.74 Å². The van der Waals surface area contributed by atoms with Crippen LogP contribution in [-0.2, 0) is 11.3 Å². The fraction of sp³-hybridized carbons (Fsp3) is 0.538. The predicted molar refractivity (Wildman–Crippen MR) is 80.2 cm³/mol. The van der Waals surface area contributed by atoms with E-state index in [2.05, 4.69) is 17.6 Å². The van der Waals surface area contributed by atoms with Crippen LogP contribution in [0.1, 0.15) is 12.8 Å². The molecule has 0 bridgehead atoms. The summed E-state index contributed by atoms with van der Waals surface area (Å²) >= 11 is 5.99. The molecule has 0 saturated carbocycles. The van der Waals surface area contributed by atoms with E-state index in [-0.39, 0.29) is 11.0 Å². The van der Waals surface area contributed by atoms with E-state index in [9.17, 15) is 4.79 Å². The van der Waals surface area contributed by atoms with Gasteiger partial charge in [-0.1, -0.05) is 0 Å². The number of fused-ring (bicyclic) bond motifs is 1. The van der Waals surface area contributed by atoms with E-state index in [1.165, 1.54) is 11.3 Å². The molecular formula is C13H16N2O2S2. The monoisotopic (exact) mass is 296 g/mol. The third kappa shape index (κ3) is 2.44. The molecular weight excluding hydrogens is 280 g/mol. The summed E-state index contributed by atoms with van der Waals surface area (Å²) in [6.07, 6.45) is 3.57. The smallest absolute Gasteiger partial charge is 0.262 e. The van der Waals surface area contributed by atoms with Crippen molar-refractivity contribution >= 4 is 34.2 Å². The van der Waals surface area contributed by atoms with Gasteiger partial charge in [0.1, 0.15) is 4.83 Å². The lowest BCUT2D eigenvalue weighted by Crippen LogP contribution is -2.38. The molecule has 0 aliphatic carbocycles. The normalized spacial score (nSPS) is 18.8. The van der Waals surface area contributed by atoms with Gasteiger partial charge in [-0.3, -0.25) is 9.36 Å². The highest BCUT2D eigenvalue weighted by atomic mass is 32.1. The van der Waals surface area contributed by atoms with Gasteiger partial charge in [0, 0.05) is 25.2 Å². The molecule has 3 heterocycles. The van der Waals surface area contributed by atoms with E-state index < -0.39 is 0 Å². The summed E-state index contributed by atoms with van der Waals surface area (Å²) < 4.78 is 7.15. The lowest BCUT2D eigenvalue weighted by Gasteiger charge is -2.36. The van der Waals surface area contributed by atoms with Crippen molar-refractivity contribution in [3.05, 3.63) is 28.1 Å². The SMILES string of the molecule is O=c1c2ccsc2ncn1CC1(CS)CCOCC1. The van der Waals surface area contributed by atoms with E-state index in [0.717, 1.165) is 36.6 Å². The molecule has 0 radical (unpaired) electrons. The number of hydrogen-bond donors (Lipinski definition) is 1. The standard InChI is InChI=1S/C13H16N2O2S2/c16-12-10-1-6-19-11(10)14-9-15(12)7-13(8-18)2-4-17-5-3-13/h1,6,9,18H,2-5,7-8H2. The number of rotatable bonds is 3. The zero-order valence-corrected chi connectivity index (χ0v) is 12.3. The second-order valence-corrected chi connectivity index (χ2v) is 6.30. The Labute approximate surface area is 120 Å². The van der Waals surface area contributed by atoms with Gasteiger partial charge >= 0.3 is 0 Å². The first-order chi connectivity index (χ1) is 9.24. The topological polar surface area (TPSA) is 44.1 Å². The molecule has 19 heavy (non-hydrogen) atoms. The van der Waals surface area contributed by atoms with Crippen LogP contribution in [0.2, 0.25) is 0 Å². The number of nitrogens with zero attached hydrogens (tertiary/aromatic N) is 2. The average molecular weight is 296 g/mol. The van der Waals surface area contributed by atoms with Crippen LogP contribution in [0.4, 0.5) is 0 Å². The average Bonchev–Trinajstić information content (AvgIpc) is 2.92. The van der Waals surface area contributed by atoms with Crippen LogP contribution >= 0.6 is 24.0 Å². The maximum atomic E-state index is 12.4. The fourth-order valence-corrected chi connectivity index (χ4v) is 3.68. The summed E-state index contributed by atoms with van der Waals surface area (Å²) in [5.74, 6) is 0.768. The Kier molecular flexibility index (Phi) is 3.64. The molecule has 0 spiro atoms. The van der Waals surface area contributed by atoms with Crippen LogP contribution in [0, 0.1) is 5.41 Å². The highest BCUT2D eigenvalue weighted by Gasteiger charge is 2.32. The van der Waals surface area contributed by atoms with E-state index in [0.29, 0.717) is 11.9 Å². The first-order valence-electron chi connectivity index (χ1n) is 6.35. The zero-order chi connectivity index (χ0) is 13.3. The van der Waals surface area contributed by atoms with E-state index >= 15 is 0 Å².